The van der Waals surface area contributed by atoms with E-state index >= 15 is 0 Å². The molecule has 2 aliphatic heterocycles. The smallest absolute Gasteiger partial charge is 0.323 e. The van der Waals surface area contributed by atoms with Crippen molar-refractivity contribution in [2.24, 2.45) is 0 Å². The summed E-state index contributed by atoms with van der Waals surface area (Å²) in [5, 5.41) is 9.52. The number of nitrogens with zero attached hydrogens (tertiary/aromatic N) is 3. The van der Waals surface area contributed by atoms with Crippen LogP contribution < -0.4 is 19.7 Å². The Bertz CT molecular complexity index is 1770. The van der Waals surface area contributed by atoms with Crippen molar-refractivity contribution in [1.82, 2.24) is 9.47 Å². The van der Waals surface area contributed by atoms with Crippen molar-refractivity contribution >= 4 is 106 Å². The maximum absolute atomic E-state index is 13.5. The first kappa shape index (κ1) is 27.9. The number of rotatable bonds is 5. The van der Waals surface area contributed by atoms with E-state index < -0.39 is 18.1 Å². The van der Waals surface area contributed by atoms with Gasteiger partial charge >= 0.3 is 5.97 Å². The van der Waals surface area contributed by atoms with Gasteiger partial charge in [-0.2, -0.15) is 0 Å². The summed E-state index contributed by atoms with van der Waals surface area (Å²) in [6.07, 6.45) is 5.16. The number of hydrogen-bond donors (Lipinski definition) is 1. The molecule has 1 N–H and O–H groups in total. The number of fused-ring (bicyclic) bond motifs is 3. The Morgan fingerprint density at radius 2 is 1.93 bits per heavy atom. The molecule has 1 saturated carbocycles. The van der Waals surface area contributed by atoms with E-state index in [2.05, 4.69) is 67.1 Å². The highest BCUT2D eigenvalue weighted by molar-refractivity contribution is 9.10. The lowest BCUT2D eigenvalue weighted by molar-refractivity contribution is -0.137. The summed E-state index contributed by atoms with van der Waals surface area (Å²) in [7, 11) is 0. The average Bonchev–Trinajstić information content (AvgIpc) is 3.64. The molecule has 7 nitrogen and oxygen atoms in total. The molecule has 206 valence electrons. The van der Waals surface area contributed by atoms with Crippen molar-refractivity contribution in [2.45, 2.75) is 44.7 Å². The Balaban J connectivity index is 1.50. The number of anilines is 2. The van der Waals surface area contributed by atoms with Crippen molar-refractivity contribution in [2.75, 3.05) is 11.4 Å². The first-order chi connectivity index (χ1) is 19.2. The van der Waals surface area contributed by atoms with E-state index in [0.717, 1.165) is 68.2 Å². The standard InChI is InChI=1S/C28H23Br2N3O4S3/c1-2-31-26(37)24(40-28(31)38)27-32(13-22(34)35)25(36)21(39-27)12-14-10-18-17-4-3-5-20(17)33(23(18)19(30)11-14)16-8-6-15(29)7-9-16/h6-12,17,20H,2-5,13H2,1H3,(H,34,35). The van der Waals surface area contributed by atoms with Gasteiger partial charge in [0.2, 0.25) is 0 Å². The Kier molecular flexibility index (Phi) is 7.58. The molecule has 12 heteroatoms. The molecule has 2 fully saturated rings. The van der Waals surface area contributed by atoms with Crippen molar-refractivity contribution < 1.29 is 14.7 Å². The Labute approximate surface area is 260 Å². The highest BCUT2D eigenvalue weighted by atomic mass is 79.9. The summed E-state index contributed by atoms with van der Waals surface area (Å²) in [5.74, 6) is -1.07. The minimum Gasteiger partial charge on any atom is -0.480 e. The zero-order chi connectivity index (χ0) is 28.3. The quantitative estimate of drug-likeness (QED) is 0.367. The number of thiocarbonyl (C=S) groups is 1. The van der Waals surface area contributed by atoms with Gasteiger partial charge < -0.3 is 10.0 Å². The van der Waals surface area contributed by atoms with E-state index in [-0.39, 0.29) is 5.91 Å². The normalized spacial score (nSPS) is 21.9. The van der Waals surface area contributed by atoms with E-state index in [1.165, 1.54) is 15.0 Å². The third-order valence-corrected chi connectivity index (χ3v) is 11.4. The van der Waals surface area contributed by atoms with Gasteiger partial charge in [0.15, 0.2) is 0 Å². The van der Waals surface area contributed by atoms with Gasteiger partial charge in [-0.1, -0.05) is 46.3 Å². The van der Waals surface area contributed by atoms with Gasteiger partial charge in [0.25, 0.3) is 11.5 Å². The minimum absolute atomic E-state index is 0.295. The number of halogens is 2. The average molecular weight is 722 g/mol. The van der Waals surface area contributed by atoms with Gasteiger partial charge in [0.1, 0.15) is 20.4 Å². The molecule has 0 radical (unpaired) electrons. The van der Waals surface area contributed by atoms with Crippen molar-refractivity contribution in [3.05, 3.63) is 76.0 Å². The van der Waals surface area contributed by atoms with Gasteiger partial charge in [-0.3, -0.25) is 23.9 Å². The van der Waals surface area contributed by atoms with E-state index in [1.807, 2.05) is 13.0 Å². The molecule has 1 amide bonds. The molecule has 6 rings (SSSR count). The van der Waals surface area contributed by atoms with Crippen LogP contribution in [0, 0.1) is 0 Å². The number of aromatic nitrogens is 1. The number of hydrogen-bond acceptors (Lipinski definition) is 7. The predicted molar refractivity (Wildman–Crippen MR) is 171 cm³/mol. The second kappa shape index (κ2) is 10.9. The van der Waals surface area contributed by atoms with Crippen LogP contribution in [0.15, 0.2) is 50.1 Å². The zero-order valence-corrected chi connectivity index (χ0v) is 26.8. The largest absolute Gasteiger partial charge is 0.480 e. The molecule has 3 aliphatic rings. The van der Waals surface area contributed by atoms with Crippen LogP contribution in [0.4, 0.5) is 11.4 Å². The summed E-state index contributed by atoms with van der Waals surface area (Å²) >= 11 is 15.0. The lowest BCUT2D eigenvalue weighted by atomic mass is 9.96. The molecule has 0 spiro atoms. The number of aliphatic carboxylic acids is 1. The highest BCUT2D eigenvalue weighted by Gasteiger charge is 2.43. The van der Waals surface area contributed by atoms with Gasteiger partial charge in [-0.25, -0.2) is 0 Å². The SMILES string of the molecule is CCN1C(=O)C(=c2sc(=Cc3cc(Br)c4c(c3)C3CCCC3N4c3ccc(Br)cc3)c(=O)n2CC(=O)O)SC1=S. The molecule has 2 aromatic carbocycles. The van der Waals surface area contributed by atoms with Crippen LogP contribution in [-0.2, 0) is 16.1 Å². The van der Waals surface area contributed by atoms with Crippen molar-refractivity contribution in [3.8, 4) is 0 Å². The molecule has 3 heterocycles. The molecule has 1 saturated heterocycles. The van der Waals surface area contributed by atoms with E-state index in [9.17, 15) is 19.5 Å². The first-order valence-electron chi connectivity index (χ1n) is 12.8. The number of carbonyl (C=O) groups excluding carboxylic acids is 1. The van der Waals surface area contributed by atoms with Crippen LogP contribution in [0.1, 0.15) is 43.2 Å². The second-order valence-electron chi connectivity index (χ2n) is 9.84. The van der Waals surface area contributed by atoms with E-state index in [4.69, 9.17) is 12.2 Å². The summed E-state index contributed by atoms with van der Waals surface area (Å²) < 4.78 is 4.24. The maximum Gasteiger partial charge on any atom is 0.323 e. The van der Waals surface area contributed by atoms with Gasteiger partial charge in [0.05, 0.1) is 10.2 Å². The molecule has 1 aromatic heterocycles. The second-order valence-corrected chi connectivity index (χ2v) is 14.3. The minimum atomic E-state index is -1.15. The highest BCUT2D eigenvalue weighted by Crippen LogP contribution is 2.55. The summed E-state index contributed by atoms with van der Waals surface area (Å²) in [6.45, 7) is 1.70. The molecular formula is C28H23Br2N3O4S3. The topological polar surface area (TPSA) is 82.9 Å². The number of thioether (sulfide) groups is 1. The Morgan fingerprint density at radius 1 is 1.18 bits per heavy atom. The lowest BCUT2D eigenvalue weighted by Crippen LogP contribution is -2.35. The molecule has 0 bridgehead atoms. The van der Waals surface area contributed by atoms with E-state index in [0.29, 0.717) is 36.9 Å². The summed E-state index contributed by atoms with van der Waals surface area (Å²) in [6, 6.07) is 12.9. The molecule has 3 aromatic rings. The zero-order valence-electron chi connectivity index (χ0n) is 21.2. The van der Waals surface area contributed by atoms with Crippen molar-refractivity contribution in [1.29, 1.82) is 0 Å². The van der Waals surface area contributed by atoms with Crippen LogP contribution in [0.25, 0.3) is 11.0 Å². The third-order valence-electron chi connectivity index (χ3n) is 7.53. The fourth-order valence-electron chi connectivity index (χ4n) is 5.88. The summed E-state index contributed by atoms with van der Waals surface area (Å²) in [5.41, 5.74) is 3.96. The Hall–Kier alpha value is -2.25. The summed E-state index contributed by atoms with van der Waals surface area (Å²) in [4.78, 5) is 42.3. The van der Waals surface area contributed by atoms with Crippen molar-refractivity contribution in [3.63, 3.8) is 0 Å². The number of carboxylic acids is 1. The fraction of sp³-hybridized carbons (Fsp3) is 0.286. The molecule has 1 aliphatic carbocycles. The van der Waals surface area contributed by atoms with Crippen LogP contribution in [0.5, 0.6) is 0 Å². The third kappa shape index (κ3) is 4.71. The molecule has 40 heavy (non-hydrogen) atoms. The number of benzene rings is 2. The predicted octanol–water partition coefficient (Wildman–Crippen LogP) is 5.12. The fourth-order valence-corrected chi connectivity index (χ4v) is 9.47. The molecular weight excluding hydrogens is 698 g/mol. The van der Waals surface area contributed by atoms with Gasteiger partial charge in [0, 0.05) is 33.1 Å². The first-order valence-corrected chi connectivity index (χ1v) is 16.4. The van der Waals surface area contributed by atoms with Crippen LogP contribution >= 0.6 is 67.2 Å². The molecule has 2 unspecified atom stereocenters. The number of thiazole rings is 1. The maximum atomic E-state index is 13.5. The number of amides is 1. The number of carbonyl (C=O) groups is 2. The van der Waals surface area contributed by atoms with Crippen LogP contribution in [0.2, 0.25) is 0 Å². The monoisotopic (exact) mass is 719 g/mol. The lowest BCUT2D eigenvalue weighted by Gasteiger charge is -2.28. The Morgan fingerprint density at radius 3 is 2.60 bits per heavy atom. The van der Waals surface area contributed by atoms with E-state index in [1.54, 1.807) is 6.08 Å². The van der Waals surface area contributed by atoms with Gasteiger partial charge in [-0.15, -0.1) is 11.3 Å². The van der Waals surface area contributed by atoms with Gasteiger partial charge in [-0.05, 0) is 89.3 Å². The molecule has 2 atom stereocenters. The van der Waals surface area contributed by atoms with Crippen LogP contribution in [-0.4, -0.2) is 43.4 Å². The number of carboxylic acid groups (broad SMARTS) is 1. The van der Waals surface area contributed by atoms with Crippen LogP contribution in [0.3, 0.4) is 0 Å².